The number of anilines is 2. The van der Waals surface area contributed by atoms with E-state index in [-0.39, 0.29) is 5.54 Å². The Kier molecular flexibility index (Phi) is 6.00. The molecule has 12 heteroatoms. The molecule has 3 fully saturated rings. The molecule has 2 saturated carbocycles. The first-order chi connectivity index (χ1) is 17.5. The standard InChI is InChI=1S/C24H31FN8O3/c1-24(5-6-24)29-23(34)36-18-3-2-16(21(18)25)17-12-19(31-30-17)28-22-26-7-4-20-27-15(14-33(20)22)13-32-8-10-35-11-9-32/h4,7,12,14,16,18,21H,2-3,5-6,8-11,13H2,1H3,(H,29,34)(H2,26,28,30,31)/t16-,18-,21+/m1/s1. The zero-order valence-electron chi connectivity index (χ0n) is 20.2. The molecule has 4 heterocycles. The van der Waals surface area contributed by atoms with Crippen LogP contribution in [0, 0.1) is 0 Å². The van der Waals surface area contributed by atoms with Gasteiger partial charge < -0.3 is 20.1 Å². The number of fused-ring (bicyclic) bond motifs is 1. The summed E-state index contributed by atoms with van der Waals surface area (Å²) >= 11 is 0. The van der Waals surface area contributed by atoms with Crippen LogP contribution in [0.1, 0.15) is 49.9 Å². The van der Waals surface area contributed by atoms with Crippen molar-refractivity contribution in [3.63, 3.8) is 0 Å². The maximum absolute atomic E-state index is 15.2. The van der Waals surface area contributed by atoms with Crippen molar-refractivity contribution in [2.24, 2.45) is 0 Å². The second-order valence-electron chi connectivity index (χ2n) is 10.2. The molecule has 3 aromatic rings. The molecule has 1 aliphatic heterocycles. The highest BCUT2D eigenvalue weighted by Crippen LogP contribution is 2.39. The van der Waals surface area contributed by atoms with Crippen LogP contribution in [0.3, 0.4) is 0 Å². The van der Waals surface area contributed by atoms with Crippen LogP contribution in [-0.4, -0.2) is 79.7 Å². The number of imidazole rings is 1. The van der Waals surface area contributed by atoms with Crippen LogP contribution in [-0.2, 0) is 16.0 Å². The Bertz CT molecular complexity index is 1240. The lowest BCUT2D eigenvalue weighted by Gasteiger charge is -2.25. The summed E-state index contributed by atoms with van der Waals surface area (Å²) in [4.78, 5) is 23.6. The highest BCUT2D eigenvalue weighted by molar-refractivity contribution is 5.69. The van der Waals surface area contributed by atoms with E-state index < -0.39 is 24.3 Å². The summed E-state index contributed by atoms with van der Waals surface area (Å²) in [6, 6.07) is 3.65. The number of rotatable bonds is 7. The molecule has 6 rings (SSSR count). The van der Waals surface area contributed by atoms with Crippen molar-refractivity contribution in [2.45, 2.75) is 62.9 Å². The van der Waals surface area contributed by atoms with Gasteiger partial charge in [0.15, 0.2) is 5.82 Å². The van der Waals surface area contributed by atoms with Crippen LogP contribution in [0.15, 0.2) is 24.5 Å². The number of carbonyl (C=O) groups is 1. The Morgan fingerprint density at radius 1 is 1.33 bits per heavy atom. The van der Waals surface area contributed by atoms with E-state index in [1.165, 1.54) is 0 Å². The van der Waals surface area contributed by atoms with Crippen molar-refractivity contribution in [1.29, 1.82) is 0 Å². The fourth-order valence-electron chi connectivity index (χ4n) is 4.93. The summed E-state index contributed by atoms with van der Waals surface area (Å²) in [5.41, 5.74) is 2.20. The molecule has 3 N–H and O–H groups in total. The van der Waals surface area contributed by atoms with Crippen molar-refractivity contribution in [2.75, 3.05) is 31.6 Å². The Labute approximate surface area is 207 Å². The molecule has 0 bridgehead atoms. The van der Waals surface area contributed by atoms with E-state index in [0.29, 0.717) is 30.3 Å². The summed E-state index contributed by atoms with van der Waals surface area (Å²) in [5, 5.41) is 13.3. The lowest BCUT2D eigenvalue weighted by molar-refractivity contribution is 0.0337. The average Bonchev–Trinajstić information content (AvgIpc) is 3.20. The first-order valence-electron chi connectivity index (χ1n) is 12.5. The van der Waals surface area contributed by atoms with Gasteiger partial charge in [0.25, 0.3) is 0 Å². The maximum atomic E-state index is 15.2. The van der Waals surface area contributed by atoms with Gasteiger partial charge in [-0.2, -0.15) is 5.10 Å². The number of ether oxygens (including phenoxy) is 2. The maximum Gasteiger partial charge on any atom is 0.407 e. The van der Waals surface area contributed by atoms with Gasteiger partial charge in [-0.05, 0) is 38.7 Å². The molecule has 0 unspecified atom stereocenters. The van der Waals surface area contributed by atoms with E-state index in [2.05, 4.69) is 30.7 Å². The highest BCUT2D eigenvalue weighted by Gasteiger charge is 2.43. The zero-order valence-corrected chi connectivity index (χ0v) is 20.2. The number of hydrogen-bond donors (Lipinski definition) is 3. The summed E-state index contributed by atoms with van der Waals surface area (Å²) < 4.78 is 27.9. The van der Waals surface area contributed by atoms with Crippen LogP contribution < -0.4 is 10.6 Å². The average molecular weight is 499 g/mol. The molecular weight excluding hydrogens is 467 g/mol. The molecule has 1 amide bonds. The number of alkyl halides is 1. The number of alkyl carbamates (subject to hydrolysis) is 1. The van der Waals surface area contributed by atoms with Gasteiger partial charge in [-0.25, -0.2) is 19.2 Å². The van der Waals surface area contributed by atoms with E-state index in [1.54, 1.807) is 12.3 Å². The minimum atomic E-state index is -1.30. The number of nitrogens with zero attached hydrogens (tertiary/aromatic N) is 5. The number of hydrogen-bond acceptors (Lipinski definition) is 8. The number of amides is 1. The normalized spacial score (nSPS) is 25.7. The third-order valence-corrected chi connectivity index (χ3v) is 7.32. The molecule has 3 atom stereocenters. The first kappa shape index (κ1) is 23.2. The topological polar surface area (TPSA) is 122 Å². The molecular formula is C24H31FN8O3. The summed E-state index contributed by atoms with van der Waals surface area (Å²) in [6.07, 6.45) is 3.96. The monoisotopic (exact) mass is 498 g/mol. The van der Waals surface area contributed by atoms with Crippen molar-refractivity contribution in [3.05, 3.63) is 35.9 Å². The third kappa shape index (κ3) is 4.87. The largest absolute Gasteiger partial charge is 0.443 e. The molecule has 36 heavy (non-hydrogen) atoms. The smallest absolute Gasteiger partial charge is 0.407 e. The van der Waals surface area contributed by atoms with Gasteiger partial charge in [0.1, 0.15) is 17.9 Å². The SMILES string of the molecule is CC1(NC(=O)O[C@@H]2CC[C@H](c3cc(Nc4nccc5nc(CN6CCOCC6)cn45)n[nH]3)[C@@H]2F)CC1. The van der Waals surface area contributed by atoms with E-state index >= 15 is 4.39 Å². The molecule has 0 spiro atoms. The van der Waals surface area contributed by atoms with Gasteiger partial charge in [0.05, 0.1) is 18.9 Å². The van der Waals surface area contributed by atoms with Gasteiger partial charge in [0, 0.05) is 55.2 Å². The zero-order chi connectivity index (χ0) is 24.7. The van der Waals surface area contributed by atoms with E-state index in [9.17, 15) is 4.79 Å². The number of aromatic nitrogens is 5. The predicted molar refractivity (Wildman–Crippen MR) is 129 cm³/mol. The van der Waals surface area contributed by atoms with Crippen LogP contribution in [0.4, 0.5) is 21.0 Å². The number of aromatic amines is 1. The van der Waals surface area contributed by atoms with Crippen molar-refractivity contribution in [3.8, 4) is 0 Å². The number of morpholine rings is 1. The molecule has 2 aliphatic carbocycles. The molecule has 192 valence electrons. The van der Waals surface area contributed by atoms with E-state index in [0.717, 1.165) is 57.0 Å². The fourth-order valence-corrected chi connectivity index (χ4v) is 4.93. The summed E-state index contributed by atoms with van der Waals surface area (Å²) in [5.74, 6) is 0.685. The molecule has 1 saturated heterocycles. The second-order valence-corrected chi connectivity index (χ2v) is 10.2. The van der Waals surface area contributed by atoms with Gasteiger partial charge in [-0.15, -0.1) is 0 Å². The van der Waals surface area contributed by atoms with Crippen LogP contribution >= 0.6 is 0 Å². The lowest BCUT2D eigenvalue weighted by Crippen LogP contribution is -2.38. The number of carbonyl (C=O) groups excluding carboxylic acids is 1. The molecule has 0 aromatic carbocycles. The van der Waals surface area contributed by atoms with Crippen molar-refractivity contribution >= 4 is 23.5 Å². The van der Waals surface area contributed by atoms with E-state index in [1.807, 2.05) is 23.6 Å². The van der Waals surface area contributed by atoms with Gasteiger partial charge >= 0.3 is 6.09 Å². The third-order valence-electron chi connectivity index (χ3n) is 7.32. The van der Waals surface area contributed by atoms with Crippen molar-refractivity contribution < 1.29 is 18.7 Å². The number of nitrogens with one attached hydrogen (secondary N) is 3. The number of halogens is 1. The molecule has 3 aromatic heterocycles. The quantitative estimate of drug-likeness (QED) is 0.455. The summed E-state index contributed by atoms with van der Waals surface area (Å²) in [6.45, 7) is 5.96. The Balaban J connectivity index is 1.11. The minimum absolute atomic E-state index is 0.194. The fraction of sp³-hybridized carbons (Fsp3) is 0.583. The van der Waals surface area contributed by atoms with Gasteiger partial charge in [-0.3, -0.25) is 14.4 Å². The van der Waals surface area contributed by atoms with E-state index in [4.69, 9.17) is 14.5 Å². The molecule has 3 aliphatic rings. The van der Waals surface area contributed by atoms with Gasteiger partial charge in [-0.1, -0.05) is 0 Å². The van der Waals surface area contributed by atoms with Crippen LogP contribution in [0.5, 0.6) is 0 Å². The van der Waals surface area contributed by atoms with Crippen LogP contribution in [0.25, 0.3) is 5.65 Å². The Morgan fingerprint density at radius 3 is 2.97 bits per heavy atom. The van der Waals surface area contributed by atoms with Gasteiger partial charge in [0.2, 0.25) is 5.95 Å². The predicted octanol–water partition coefficient (Wildman–Crippen LogP) is 2.89. The minimum Gasteiger partial charge on any atom is -0.443 e. The Hall–Kier alpha value is -3.25. The number of H-pyrrole nitrogens is 1. The Morgan fingerprint density at radius 2 is 2.17 bits per heavy atom. The molecule has 0 radical (unpaired) electrons. The van der Waals surface area contributed by atoms with Crippen molar-refractivity contribution in [1.82, 2.24) is 34.8 Å². The first-order valence-corrected chi connectivity index (χ1v) is 12.5. The molecule has 11 nitrogen and oxygen atoms in total. The second kappa shape index (κ2) is 9.32. The highest BCUT2D eigenvalue weighted by atomic mass is 19.1. The van der Waals surface area contributed by atoms with Crippen LogP contribution in [0.2, 0.25) is 0 Å². The summed E-state index contributed by atoms with van der Waals surface area (Å²) in [7, 11) is 0. The lowest BCUT2D eigenvalue weighted by atomic mass is 10.0.